The Morgan fingerprint density at radius 2 is 1.75 bits per heavy atom. The lowest BCUT2D eigenvalue weighted by atomic mass is 10.2. The topological polar surface area (TPSA) is 113 Å². The fourth-order valence-corrected chi connectivity index (χ4v) is 3.48. The van der Waals surface area contributed by atoms with Crippen molar-refractivity contribution in [2.75, 3.05) is 18.1 Å². The predicted molar refractivity (Wildman–Crippen MR) is 123 cm³/mol. The van der Waals surface area contributed by atoms with Gasteiger partial charge in [-0.05, 0) is 42.5 Å². The number of nitrogens with zero attached hydrogens (tertiary/aromatic N) is 5. The van der Waals surface area contributed by atoms with Crippen LogP contribution in [0.4, 0.5) is 11.5 Å². The number of aromatic nitrogens is 5. The van der Waals surface area contributed by atoms with E-state index in [1.807, 2.05) is 61.6 Å². The van der Waals surface area contributed by atoms with Gasteiger partial charge < -0.3 is 15.8 Å². The average Bonchev–Trinajstić information content (AvgIpc) is 3.13. The molecule has 0 aliphatic carbocycles. The molecule has 0 fully saturated rings. The lowest BCUT2D eigenvalue weighted by molar-refractivity contribution is 0.480. The zero-order valence-corrected chi connectivity index (χ0v) is 17.1. The van der Waals surface area contributed by atoms with Crippen LogP contribution in [0.3, 0.4) is 0 Å². The summed E-state index contributed by atoms with van der Waals surface area (Å²) < 4.78 is 8.70. The van der Waals surface area contributed by atoms with Crippen molar-refractivity contribution in [2.45, 2.75) is 0 Å². The van der Waals surface area contributed by atoms with E-state index in [1.165, 1.54) is 15.5 Å². The van der Waals surface area contributed by atoms with E-state index >= 15 is 0 Å². The predicted octanol–water partition coefficient (Wildman–Crippen LogP) is 3.38. The van der Waals surface area contributed by atoms with E-state index in [1.54, 1.807) is 18.3 Å². The summed E-state index contributed by atoms with van der Waals surface area (Å²) in [4.78, 5) is 26.4. The number of para-hydroxylation sites is 1. The van der Waals surface area contributed by atoms with E-state index in [2.05, 4.69) is 20.3 Å². The second kappa shape index (κ2) is 7.88. The number of rotatable bonds is 5. The fourth-order valence-electron chi connectivity index (χ4n) is 3.48. The maximum absolute atomic E-state index is 13.5. The number of benzene rings is 2. The van der Waals surface area contributed by atoms with E-state index in [0.717, 1.165) is 5.69 Å². The molecule has 0 unspecified atom stereocenters. The summed E-state index contributed by atoms with van der Waals surface area (Å²) in [5.74, 6) is 1.80. The van der Waals surface area contributed by atoms with E-state index < -0.39 is 0 Å². The standard InChI is InChI=1S/C23H19N7O2/c1-25-15-6-5-7-16(12-15)29-22-20(21(24)27-14-28-22)30(23(29)31)19-11-10-18(13-26-19)32-17-8-3-2-4-9-17/h2-14,25H,1H3,(H2,24,27,28). The van der Waals surface area contributed by atoms with Gasteiger partial charge in [0.15, 0.2) is 11.5 Å². The summed E-state index contributed by atoms with van der Waals surface area (Å²) >= 11 is 0. The van der Waals surface area contributed by atoms with Crippen molar-refractivity contribution in [3.05, 3.63) is 89.7 Å². The van der Waals surface area contributed by atoms with Crippen LogP contribution in [0.5, 0.6) is 11.5 Å². The molecular formula is C23H19N7O2. The van der Waals surface area contributed by atoms with Crippen molar-refractivity contribution < 1.29 is 4.74 Å². The number of hydrogen-bond donors (Lipinski definition) is 2. The lowest BCUT2D eigenvalue weighted by Crippen LogP contribution is -2.23. The third-order valence-corrected chi connectivity index (χ3v) is 4.97. The van der Waals surface area contributed by atoms with Crippen molar-refractivity contribution in [2.24, 2.45) is 0 Å². The summed E-state index contributed by atoms with van der Waals surface area (Å²) in [6.45, 7) is 0. The molecule has 9 nitrogen and oxygen atoms in total. The molecule has 0 aliphatic rings. The van der Waals surface area contributed by atoms with Gasteiger partial charge in [0.2, 0.25) is 0 Å². The first-order valence-electron chi connectivity index (χ1n) is 9.87. The third kappa shape index (κ3) is 3.31. The van der Waals surface area contributed by atoms with Gasteiger partial charge in [0, 0.05) is 12.7 Å². The lowest BCUT2D eigenvalue weighted by Gasteiger charge is -2.07. The number of nitrogens with one attached hydrogen (secondary N) is 1. The Bertz CT molecular complexity index is 1460. The second-order valence-electron chi connectivity index (χ2n) is 6.95. The maximum Gasteiger partial charge on any atom is 0.340 e. The molecule has 5 rings (SSSR count). The Morgan fingerprint density at radius 1 is 0.906 bits per heavy atom. The Balaban J connectivity index is 1.65. The summed E-state index contributed by atoms with van der Waals surface area (Å²) in [6, 6.07) is 20.3. The van der Waals surface area contributed by atoms with E-state index in [0.29, 0.717) is 34.2 Å². The smallest absolute Gasteiger partial charge is 0.340 e. The highest BCUT2D eigenvalue weighted by Gasteiger charge is 2.21. The third-order valence-electron chi connectivity index (χ3n) is 4.97. The van der Waals surface area contributed by atoms with Crippen molar-refractivity contribution in [3.8, 4) is 23.0 Å². The minimum absolute atomic E-state index is 0.182. The molecule has 0 radical (unpaired) electrons. The summed E-state index contributed by atoms with van der Waals surface area (Å²) in [5.41, 5.74) is 8.08. The molecule has 9 heteroatoms. The number of ether oxygens (including phenoxy) is 1. The van der Waals surface area contributed by atoms with Gasteiger partial charge in [-0.15, -0.1) is 0 Å². The zero-order chi connectivity index (χ0) is 22.1. The van der Waals surface area contributed by atoms with Crippen LogP contribution < -0.4 is 21.5 Å². The minimum atomic E-state index is -0.357. The molecule has 3 aromatic heterocycles. The molecule has 0 atom stereocenters. The van der Waals surface area contributed by atoms with Crippen LogP contribution in [0.1, 0.15) is 0 Å². The molecule has 0 saturated carbocycles. The van der Waals surface area contributed by atoms with Crippen molar-refractivity contribution >= 4 is 22.7 Å². The largest absolute Gasteiger partial charge is 0.456 e. The van der Waals surface area contributed by atoms with Crippen LogP contribution in [0, 0.1) is 0 Å². The SMILES string of the molecule is CNc1cccc(-n2c(=O)n(-c3ccc(Oc4ccccc4)cn3)c3c(N)ncnc32)c1. The highest BCUT2D eigenvalue weighted by atomic mass is 16.5. The highest BCUT2D eigenvalue weighted by Crippen LogP contribution is 2.25. The van der Waals surface area contributed by atoms with Gasteiger partial charge in [0.25, 0.3) is 0 Å². The number of imidazole rings is 1. The van der Waals surface area contributed by atoms with Gasteiger partial charge in [0.1, 0.15) is 29.2 Å². The number of nitrogens with two attached hydrogens (primary N) is 1. The van der Waals surface area contributed by atoms with Crippen LogP contribution in [0.15, 0.2) is 84.0 Å². The van der Waals surface area contributed by atoms with Crippen LogP contribution in [-0.4, -0.2) is 31.1 Å². The second-order valence-corrected chi connectivity index (χ2v) is 6.95. The van der Waals surface area contributed by atoms with Crippen LogP contribution >= 0.6 is 0 Å². The molecule has 0 aliphatic heterocycles. The number of nitrogen functional groups attached to an aromatic ring is 1. The fraction of sp³-hybridized carbons (Fsp3) is 0.0435. The van der Waals surface area contributed by atoms with E-state index in [-0.39, 0.29) is 11.5 Å². The molecule has 32 heavy (non-hydrogen) atoms. The first-order valence-corrected chi connectivity index (χ1v) is 9.87. The summed E-state index contributed by atoms with van der Waals surface area (Å²) in [7, 11) is 1.81. The molecule has 3 N–H and O–H groups in total. The molecule has 0 spiro atoms. The molecule has 3 heterocycles. The van der Waals surface area contributed by atoms with Gasteiger partial charge in [-0.1, -0.05) is 24.3 Å². The molecule has 0 saturated heterocycles. The normalized spacial score (nSPS) is 10.9. The van der Waals surface area contributed by atoms with Gasteiger partial charge in [-0.3, -0.25) is 0 Å². The maximum atomic E-state index is 13.5. The first-order chi connectivity index (χ1) is 15.7. The first kappa shape index (κ1) is 19.3. The number of anilines is 2. The van der Waals surface area contributed by atoms with E-state index in [9.17, 15) is 4.79 Å². The number of hydrogen-bond acceptors (Lipinski definition) is 7. The van der Waals surface area contributed by atoms with Crippen LogP contribution in [-0.2, 0) is 0 Å². The zero-order valence-electron chi connectivity index (χ0n) is 17.1. The number of fused-ring (bicyclic) bond motifs is 1. The average molecular weight is 425 g/mol. The van der Waals surface area contributed by atoms with Gasteiger partial charge in [0.05, 0.1) is 11.9 Å². The van der Waals surface area contributed by atoms with Crippen LogP contribution in [0.2, 0.25) is 0 Å². The molecule has 0 amide bonds. The van der Waals surface area contributed by atoms with E-state index in [4.69, 9.17) is 10.5 Å². The van der Waals surface area contributed by atoms with Crippen LogP contribution in [0.25, 0.3) is 22.7 Å². The highest BCUT2D eigenvalue weighted by molar-refractivity contribution is 5.85. The van der Waals surface area contributed by atoms with Gasteiger partial charge in [-0.25, -0.2) is 28.9 Å². The summed E-state index contributed by atoms with van der Waals surface area (Å²) in [5, 5.41) is 3.07. The van der Waals surface area contributed by atoms with Crippen molar-refractivity contribution in [1.29, 1.82) is 0 Å². The monoisotopic (exact) mass is 425 g/mol. The Kier molecular flexibility index (Phi) is 4.75. The Labute approximate surface area is 182 Å². The molecule has 0 bridgehead atoms. The molecule has 158 valence electrons. The van der Waals surface area contributed by atoms with Crippen molar-refractivity contribution in [1.82, 2.24) is 24.1 Å². The van der Waals surface area contributed by atoms with Crippen molar-refractivity contribution in [3.63, 3.8) is 0 Å². The summed E-state index contributed by atoms with van der Waals surface area (Å²) in [6.07, 6.45) is 2.89. The molecule has 5 aromatic rings. The minimum Gasteiger partial charge on any atom is -0.456 e. The molecule has 2 aromatic carbocycles. The van der Waals surface area contributed by atoms with Gasteiger partial charge in [-0.2, -0.15) is 0 Å². The van der Waals surface area contributed by atoms with Gasteiger partial charge >= 0.3 is 5.69 Å². The quantitative estimate of drug-likeness (QED) is 0.444. The number of pyridine rings is 1. The molecular weight excluding hydrogens is 406 g/mol. The Morgan fingerprint density at radius 3 is 2.50 bits per heavy atom. The Hall–Kier alpha value is -4.66.